The number of carbonyl (C=O) groups is 1. The van der Waals surface area contributed by atoms with Crippen molar-refractivity contribution in [2.45, 2.75) is 11.1 Å². The van der Waals surface area contributed by atoms with Gasteiger partial charge in [0.15, 0.2) is 0 Å². The summed E-state index contributed by atoms with van der Waals surface area (Å²) in [4.78, 5) is 11.8. The largest absolute Gasteiger partial charge is 0.417 e. The molecular formula is C16H12Cl3F3N2O3S. The van der Waals surface area contributed by atoms with Crippen LogP contribution in [0.4, 0.5) is 18.9 Å². The highest BCUT2D eigenvalue weighted by Crippen LogP contribution is 2.36. The predicted molar refractivity (Wildman–Crippen MR) is 101 cm³/mol. The Kier molecular flexibility index (Phi) is 6.88. The zero-order chi connectivity index (χ0) is 21.3. The summed E-state index contributed by atoms with van der Waals surface area (Å²) < 4.78 is 64.5. The van der Waals surface area contributed by atoms with Crippen molar-refractivity contribution in [2.75, 3.05) is 18.9 Å². The molecule has 0 fully saturated rings. The topological polar surface area (TPSA) is 66.5 Å². The van der Waals surface area contributed by atoms with Crippen molar-refractivity contribution in [3.63, 3.8) is 0 Å². The molecule has 2 rings (SSSR count). The molecule has 0 spiro atoms. The molecule has 28 heavy (non-hydrogen) atoms. The maximum absolute atomic E-state index is 12.9. The molecule has 0 aliphatic heterocycles. The molecule has 0 unspecified atom stereocenters. The molecule has 152 valence electrons. The highest BCUT2D eigenvalue weighted by Gasteiger charge is 2.33. The summed E-state index contributed by atoms with van der Waals surface area (Å²) >= 11 is 17.2. The molecule has 1 amide bonds. The SMILES string of the molecule is CN(CC(=O)Nc1ccc(Cl)c(C(F)(F)F)c1)S(=O)(=O)c1cc(Cl)ccc1Cl. The first-order chi connectivity index (χ1) is 12.8. The molecule has 0 bridgehead atoms. The van der Waals surface area contributed by atoms with E-state index in [2.05, 4.69) is 5.32 Å². The summed E-state index contributed by atoms with van der Waals surface area (Å²) in [5, 5.41) is 1.71. The van der Waals surface area contributed by atoms with Gasteiger partial charge >= 0.3 is 6.18 Å². The fourth-order valence-electron chi connectivity index (χ4n) is 2.15. The summed E-state index contributed by atoms with van der Waals surface area (Å²) in [6.45, 7) is -0.671. The molecule has 12 heteroatoms. The zero-order valence-corrected chi connectivity index (χ0v) is 17.1. The van der Waals surface area contributed by atoms with E-state index in [4.69, 9.17) is 34.8 Å². The van der Waals surface area contributed by atoms with Gasteiger partial charge in [0.2, 0.25) is 15.9 Å². The molecule has 2 aromatic rings. The van der Waals surface area contributed by atoms with E-state index < -0.39 is 39.2 Å². The maximum atomic E-state index is 12.9. The van der Waals surface area contributed by atoms with E-state index >= 15 is 0 Å². The number of nitrogens with one attached hydrogen (secondary N) is 1. The number of carbonyl (C=O) groups excluding carboxylic acids is 1. The van der Waals surface area contributed by atoms with Crippen LogP contribution in [0.15, 0.2) is 41.3 Å². The van der Waals surface area contributed by atoms with Crippen LogP contribution < -0.4 is 5.32 Å². The summed E-state index contributed by atoms with van der Waals surface area (Å²) in [5.74, 6) is -0.861. The van der Waals surface area contributed by atoms with Crippen LogP contribution in [0.5, 0.6) is 0 Å². The third-order valence-corrected chi connectivity index (χ3v) is 6.35. The second-order valence-electron chi connectivity index (χ2n) is 5.58. The molecular weight excluding hydrogens is 464 g/mol. The van der Waals surface area contributed by atoms with Gasteiger partial charge in [0.1, 0.15) is 4.90 Å². The number of alkyl halides is 3. The number of benzene rings is 2. The third kappa shape index (κ3) is 5.30. The Labute approximate surface area is 174 Å². The Morgan fingerprint density at radius 3 is 2.29 bits per heavy atom. The van der Waals surface area contributed by atoms with Crippen LogP contribution in [0.1, 0.15) is 5.56 Å². The van der Waals surface area contributed by atoms with Crippen molar-refractivity contribution in [3.05, 3.63) is 57.0 Å². The van der Waals surface area contributed by atoms with E-state index in [-0.39, 0.29) is 20.6 Å². The summed E-state index contributed by atoms with van der Waals surface area (Å²) in [5.41, 5.74) is -1.31. The number of hydrogen-bond donors (Lipinski definition) is 1. The number of halogens is 6. The number of hydrogen-bond acceptors (Lipinski definition) is 3. The lowest BCUT2D eigenvalue weighted by molar-refractivity contribution is -0.137. The van der Waals surface area contributed by atoms with Crippen LogP contribution in [0.25, 0.3) is 0 Å². The minimum Gasteiger partial charge on any atom is -0.325 e. The van der Waals surface area contributed by atoms with Crippen molar-refractivity contribution in [1.82, 2.24) is 4.31 Å². The van der Waals surface area contributed by atoms with Gasteiger partial charge < -0.3 is 5.32 Å². The van der Waals surface area contributed by atoms with Crippen LogP contribution in [0.3, 0.4) is 0 Å². The molecule has 0 heterocycles. The average Bonchev–Trinajstić information content (AvgIpc) is 2.57. The van der Waals surface area contributed by atoms with E-state index in [1.807, 2.05) is 0 Å². The smallest absolute Gasteiger partial charge is 0.325 e. The van der Waals surface area contributed by atoms with E-state index in [1.165, 1.54) is 12.1 Å². The number of nitrogens with zero attached hydrogens (tertiary/aromatic N) is 1. The van der Waals surface area contributed by atoms with Gasteiger partial charge in [0.05, 0.1) is 22.2 Å². The molecule has 0 aliphatic carbocycles. The van der Waals surface area contributed by atoms with E-state index in [0.29, 0.717) is 10.4 Å². The highest BCUT2D eigenvalue weighted by atomic mass is 35.5. The average molecular weight is 476 g/mol. The lowest BCUT2D eigenvalue weighted by Gasteiger charge is -2.18. The number of rotatable bonds is 5. The lowest BCUT2D eigenvalue weighted by Crippen LogP contribution is -2.35. The minimum atomic E-state index is -4.71. The van der Waals surface area contributed by atoms with Gasteiger partial charge in [0.25, 0.3) is 0 Å². The summed E-state index contributed by atoms with van der Waals surface area (Å²) in [6.07, 6.45) is -4.71. The van der Waals surface area contributed by atoms with E-state index in [0.717, 1.165) is 25.2 Å². The van der Waals surface area contributed by atoms with Gasteiger partial charge in [-0.05, 0) is 36.4 Å². The van der Waals surface area contributed by atoms with Crippen molar-refractivity contribution in [2.24, 2.45) is 0 Å². The maximum Gasteiger partial charge on any atom is 0.417 e. The quantitative estimate of drug-likeness (QED) is 0.667. The molecule has 0 aliphatic rings. The number of anilines is 1. The highest BCUT2D eigenvalue weighted by molar-refractivity contribution is 7.89. The van der Waals surface area contributed by atoms with Gasteiger partial charge in [-0.2, -0.15) is 17.5 Å². The molecule has 0 saturated heterocycles. The Hall–Kier alpha value is -1.52. The Bertz CT molecular complexity index is 1010. The molecule has 2 aromatic carbocycles. The Morgan fingerprint density at radius 2 is 1.68 bits per heavy atom. The van der Waals surface area contributed by atoms with Gasteiger partial charge in [-0.25, -0.2) is 8.42 Å². The van der Waals surface area contributed by atoms with Crippen LogP contribution in [-0.2, 0) is 21.0 Å². The second-order valence-corrected chi connectivity index (χ2v) is 8.84. The Balaban J connectivity index is 2.18. The molecule has 0 saturated carbocycles. The van der Waals surface area contributed by atoms with Crippen molar-refractivity contribution in [3.8, 4) is 0 Å². The molecule has 5 nitrogen and oxygen atoms in total. The Morgan fingerprint density at radius 1 is 1.07 bits per heavy atom. The predicted octanol–water partition coefficient (Wildman–Crippen LogP) is 4.92. The van der Waals surface area contributed by atoms with Crippen LogP contribution in [0.2, 0.25) is 15.1 Å². The zero-order valence-electron chi connectivity index (χ0n) is 14.0. The molecule has 0 atom stereocenters. The molecule has 0 aromatic heterocycles. The van der Waals surface area contributed by atoms with E-state index in [9.17, 15) is 26.4 Å². The van der Waals surface area contributed by atoms with Crippen molar-refractivity contribution >= 4 is 56.4 Å². The van der Waals surface area contributed by atoms with Gasteiger partial charge in [-0.15, -0.1) is 0 Å². The van der Waals surface area contributed by atoms with Crippen molar-refractivity contribution in [1.29, 1.82) is 0 Å². The van der Waals surface area contributed by atoms with Gasteiger partial charge in [0, 0.05) is 17.8 Å². The number of likely N-dealkylation sites (N-methyl/N-ethyl adjacent to an activating group) is 1. The first kappa shape index (κ1) is 22.8. The first-order valence-electron chi connectivity index (χ1n) is 7.40. The number of amides is 1. The standard InChI is InChI=1S/C16H12Cl3F3N2O3S/c1-24(28(26,27)14-6-9(17)2-4-13(14)19)8-15(25)23-10-3-5-12(18)11(7-10)16(20,21)22/h2-7H,8H2,1H3,(H,23,25). The first-order valence-corrected chi connectivity index (χ1v) is 9.98. The number of sulfonamides is 1. The van der Waals surface area contributed by atoms with Crippen molar-refractivity contribution < 1.29 is 26.4 Å². The van der Waals surface area contributed by atoms with E-state index in [1.54, 1.807) is 0 Å². The summed E-state index contributed by atoms with van der Waals surface area (Å²) in [6, 6.07) is 6.61. The fraction of sp³-hybridized carbons (Fsp3) is 0.188. The third-order valence-electron chi connectivity index (χ3n) is 3.50. The lowest BCUT2D eigenvalue weighted by atomic mass is 10.2. The minimum absolute atomic E-state index is 0.0934. The summed E-state index contributed by atoms with van der Waals surface area (Å²) in [7, 11) is -3.04. The van der Waals surface area contributed by atoms with Gasteiger partial charge in [-0.1, -0.05) is 34.8 Å². The van der Waals surface area contributed by atoms with Gasteiger partial charge in [-0.3, -0.25) is 4.79 Å². The molecule has 0 radical (unpaired) electrons. The normalized spacial score (nSPS) is 12.3. The van der Waals surface area contributed by atoms with Crippen LogP contribution in [0, 0.1) is 0 Å². The molecule has 1 N–H and O–H groups in total. The van der Waals surface area contributed by atoms with Crippen LogP contribution in [-0.4, -0.2) is 32.2 Å². The fourth-order valence-corrected chi connectivity index (χ4v) is 4.24. The second kappa shape index (κ2) is 8.46. The monoisotopic (exact) mass is 474 g/mol. The van der Waals surface area contributed by atoms with Crippen LogP contribution >= 0.6 is 34.8 Å².